The van der Waals surface area contributed by atoms with Crippen LogP contribution >= 0.6 is 11.6 Å². The molecule has 1 aliphatic rings. The van der Waals surface area contributed by atoms with E-state index in [0.29, 0.717) is 11.4 Å². The monoisotopic (exact) mass is 326 g/mol. The fourth-order valence-corrected chi connectivity index (χ4v) is 2.72. The van der Waals surface area contributed by atoms with Crippen molar-refractivity contribution in [2.45, 2.75) is 31.0 Å². The Morgan fingerprint density at radius 2 is 2.09 bits per heavy atom. The Balaban J connectivity index is 2.05. The predicted octanol–water partition coefficient (Wildman–Crippen LogP) is 0.345. The van der Waals surface area contributed by atoms with Gasteiger partial charge in [0.2, 0.25) is 5.91 Å². The molecule has 2 rings (SSSR count). The molecule has 1 saturated heterocycles. The van der Waals surface area contributed by atoms with Gasteiger partial charge in [-0.25, -0.2) is 4.79 Å². The number of carbonyl (C=O) groups is 2. The number of methoxy groups -OCH3 is 1. The molecule has 3 N–H and O–H groups in total. The molecule has 1 aliphatic heterocycles. The Morgan fingerprint density at radius 3 is 2.68 bits per heavy atom. The zero-order valence-corrected chi connectivity index (χ0v) is 13.0. The molecule has 3 atom stereocenters. The normalized spacial score (nSPS) is 22.5. The number of aliphatic hydroxyl groups excluding tert-OH is 1. The summed E-state index contributed by atoms with van der Waals surface area (Å²) in [6.07, 6.45) is -0.237. The number of rotatable bonds is 4. The van der Waals surface area contributed by atoms with Crippen molar-refractivity contribution < 1.29 is 19.4 Å². The zero-order chi connectivity index (χ0) is 16.3. The first-order valence-corrected chi connectivity index (χ1v) is 7.36. The van der Waals surface area contributed by atoms with Crippen LogP contribution in [0, 0.1) is 0 Å². The minimum atomic E-state index is -0.793. The molecule has 1 fully saturated rings. The Bertz CT molecular complexity index is 549. The van der Waals surface area contributed by atoms with Crippen molar-refractivity contribution in [2.24, 2.45) is 5.73 Å². The van der Waals surface area contributed by atoms with Gasteiger partial charge in [-0.1, -0.05) is 23.7 Å². The van der Waals surface area contributed by atoms with Crippen molar-refractivity contribution in [3.63, 3.8) is 0 Å². The van der Waals surface area contributed by atoms with Gasteiger partial charge in [-0.2, -0.15) is 0 Å². The van der Waals surface area contributed by atoms with E-state index in [1.54, 1.807) is 24.3 Å². The first-order valence-electron chi connectivity index (χ1n) is 6.98. The number of benzene rings is 1. The quantitative estimate of drug-likeness (QED) is 0.779. The Labute approximate surface area is 133 Å². The second kappa shape index (κ2) is 7.09. The van der Waals surface area contributed by atoms with Gasteiger partial charge in [0, 0.05) is 18.0 Å². The summed E-state index contributed by atoms with van der Waals surface area (Å²) >= 11 is 5.81. The number of aliphatic hydroxyl groups is 1. The van der Waals surface area contributed by atoms with Gasteiger partial charge >= 0.3 is 5.97 Å². The molecular formula is C15H19ClN2O4. The summed E-state index contributed by atoms with van der Waals surface area (Å²) in [6.45, 7) is 0.0902. The summed E-state index contributed by atoms with van der Waals surface area (Å²) in [5.74, 6) is -0.912. The lowest BCUT2D eigenvalue weighted by Gasteiger charge is -2.25. The summed E-state index contributed by atoms with van der Waals surface area (Å²) in [6, 6.07) is 5.48. The van der Waals surface area contributed by atoms with E-state index in [2.05, 4.69) is 4.74 Å². The second-order valence-electron chi connectivity index (χ2n) is 5.36. The summed E-state index contributed by atoms with van der Waals surface area (Å²) in [4.78, 5) is 25.5. The highest BCUT2D eigenvalue weighted by Gasteiger charge is 2.40. The third-order valence-electron chi connectivity index (χ3n) is 3.72. The number of halogens is 1. The number of carbonyl (C=O) groups excluding carboxylic acids is 2. The zero-order valence-electron chi connectivity index (χ0n) is 12.2. The molecule has 6 nitrogen and oxygen atoms in total. The van der Waals surface area contributed by atoms with Crippen LogP contribution in [-0.2, 0) is 20.7 Å². The van der Waals surface area contributed by atoms with Crippen LogP contribution < -0.4 is 5.73 Å². The molecule has 0 radical (unpaired) electrons. The Hall–Kier alpha value is -1.63. The summed E-state index contributed by atoms with van der Waals surface area (Å²) in [5.41, 5.74) is 6.83. The molecule has 0 spiro atoms. The highest BCUT2D eigenvalue weighted by molar-refractivity contribution is 6.30. The number of hydrogen-bond donors (Lipinski definition) is 2. The van der Waals surface area contributed by atoms with Crippen LogP contribution in [0.5, 0.6) is 0 Å². The number of β-amino-alcohol motifs (C(OH)–C–C–N with tert-alkyl or cyclic N) is 1. The number of likely N-dealkylation sites (tertiary alicyclic amines) is 1. The number of esters is 1. The fraction of sp³-hybridized carbons (Fsp3) is 0.467. The Morgan fingerprint density at radius 1 is 1.45 bits per heavy atom. The van der Waals surface area contributed by atoms with Crippen molar-refractivity contribution in [3.8, 4) is 0 Å². The van der Waals surface area contributed by atoms with Crippen LogP contribution in [0.25, 0.3) is 0 Å². The third-order valence-corrected chi connectivity index (χ3v) is 3.97. The lowest BCUT2D eigenvalue weighted by molar-refractivity contribution is -0.151. The van der Waals surface area contributed by atoms with E-state index in [-0.39, 0.29) is 18.9 Å². The van der Waals surface area contributed by atoms with Crippen LogP contribution in [0.2, 0.25) is 5.02 Å². The number of nitrogens with zero attached hydrogens (tertiary/aromatic N) is 1. The molecule has 0 unspecified atom stereocenters. The van der Waals surface area contributed by atoms with Crippen molar-refractivity contribution in [3.05, 3.63) is 34.9 Å². The third kappa shape index (κ3) is 3.76. The number of nitrogens with two attached hydrogens (primary N) is 1. The van der Waals surface area contributed by atoms with E-state index >= 15 is 0 Å². The molecule has 1 heterocycles. The van der Waals surface area contributed by atoms with E-state index in [9.17, 15) is 14.7 Å². The van der Waals surface area contributed by atoms with Crippen LogP contribution in [-0.4, -0.2) is 53.7 Å². The molecular weight excluding hydrogens is 308 g/mol. The van der Waals surface area contributed by atoms with E-state index in [1.165, 1.54) is 12.0 Å². The highest BCUT2D eigenvalue weighted by Crippen LogP contribution is 2.20. The molecule has 1 aromatic carbocycles. The van der Waals surface area contributed by atoms with Gasteiger partial charge in [-0.3, -0.25) is 4.79 Å². The van der Waals surface area contributed by atoms with Crippen LogP contribution in [0.4, 0.5) is 0 Å². The maximum absolute atomic E-state index is 12.4. The SMILES string of the molecule is COC(=O)[C@@H]1C[C@@H](O)CN1C(=O)[C@H](N)Cc1ccc(Cl)cc1. The number of hydrogen-bond acceptors (Lipinski definition) is 5. The van der Waals surface area contributed by atoms with E-state index in [1.807, 2.05) is 0 Å². The highest BCUT2D eigenvalue weighted by atomic mass is 35.5. The average Bonchev–Trinajstić information content (AvgIpc) is 2.89. The first-order chi connectivity index (χ1) is 10.4. The van der Waals surface area contributed by atoms with Gasteiger partial charge in [0.25, 0.3) is 0 Å². The van der Waals surface area contributed by atoms with Crippen molar-refractivity contribution >= 4 is 23.5 Å². The maximum atomic E-state index is 12.4. The summed E-state index contributed by atoms with van der Waals surface area (Å²) in [5, 5.41) is 10.3. The lowest BCUT2D eigenvalue weighted by atomic mass is 10.1. The fourth-order valence-electron chi connectivity index (χ4n) is 2.59. The van der Waals surface area contributed by atoms with E-state index < -0.39 is 24.2 Å². The molecule has 0 saturated carbocycles. The van der Waals surface area contributed by atoms with Gasteiger partial charge < -0.3 is 20.5 Å². The summed E-state index contributed by atoms with van der Waals surface area (Å²) < 4.78 is 4.67. The molecule has 22 heavy (non-hydrogen) atoms. The van der Waals surface area contributed by atoms with E-state index in [4.69, 9.17) is 17.3 Å². The van der Waals surface area contributed by atoms with Crippen LogP contribution in [0.1, 0.15) is 12.0 Å². The molecule has 0 aromatic heterocycles. The smallest absolute Gasteiger partial charge is 0.328 e. The van der Waals surface area contributed by atoms with Gasteiger partial charge in [0.05, 0.1) is 19.3 Å². The van der Waals surface area contributed by atoms with Gasteiger partial charge in [0.15, 0.2) is 0 Å². The van der Waals surface area contributed by atoms with Gasteiger partial charge in [-0.15, -0.1) is 0 Å². The topological polar surface area (TPSA) is 92.9 Å². The molecule has 7 heteroatoms. The predicted molar refractivity (Wildman–Crippen MR) is 81.3 cm³/mol. The van der Waals surface area contributed by atoms with Crippen molar-refractivity contribution in [1.82, 2.24) is 4.90 Å². The Kier molecular flexibility index (Phi) is 5.39. The maximum Gasteiger partial charge on any atom is 0.328 e. The number of amides is 1. The second-order valence-corrected chi connectivity index (χ2v) is 5.79. The minimum Gasteiger partial charge on any atom is -0.467 e. The molecule has 1 amide bonds. The van der Waals surface area contributed by atoms with Crippen LogP contribution in [0.15, 0.2) is 24.3 Å². The minimum absolute atomic E-state index is 0.0902. The van der Waals surface area contributed by atoms with Crippen molar-refractivity contribution in [1.29, 1.82) is 0 Å². The molecule has 0 bridgehead atoms. The first kappa shape index (κ1) is 16.7. The van der Waals surface area contributed by atoms with Crippen molar-refractivity contribution in [2.75, 3.05) is 13.7 Å². The molecule has 120 valence electrons. The van der Waals surface area contributed by atoms with Gasteiger partial charge in [-0.05, 0) is 24.1 Å². The molecule has 0 aliphatic carbocycles. The largest absolute Gasteiger partial charge is 0.467 e. The average molecular weight is 327 g/mol. The summed E-state index contributed by atoms with van der Waals surface area (Å²) in [7, 11) is 1.25. The van der Waals surface area contributed by atoms with Gasteiger partial charge in [0.1, 0.15) is 6.04 Å². The van der Waals surface area contributed by atoms with Crippen LogP contribution in [0.3, 0.4) is 0 Å². The standard InChI is InChI=1S/C15H19ClN2O4/c1-22-15(21)13-7-11(19)8-18(13)14(20)12(17)6-9-2-4-10(16)5-3-9/h2-5,11-13,19H,6-8,17H2,1H3/t11-,12-,13+/m1/s1. The van der Waals surface area contributed by atoms with E-state index in [0.717, 1.165) is 5.56 Å². The lowest BCUT2D eigenvalue weighted by Crippen LogP contribution is -2.49. The number of ether oxygens (including phenoxy) is 1. The molecule has 1 aromatic rings.